The Hall–Kier alpha value is -2.54. The Labute approximate surface area is 155 Å². The third kappa shape index (κ3) is 3.99. The number of hydrogen-bond donors (Lipinski definition) is 1. The van der Waals surface area contributed by atoms with Crippen LogP contribution in [0.3, 0.4) is 0 Å². The first-order valence-electron chi connectivity index (χ1n) is 8.39. The molecular formula is C19H20N2O4S. The van der Waals surface area contributed by atoms with Crippen LogP contribution in [0.1, 0.15) is 29.4 Å². The molecule has 0 saturated heterocycles. The third-order valence-corrected chi connectivity index (χ3v) is 5.38. The number of anilines is 1. The lowest BCUT2D eigenvalue weighted by molar-refractivity contribution is -0.121. The number of carbonyl (C=O) groups is 2. The summed E-state index contributed by atoms with van der Waals surface area (Å²) in [7, 11) is 0. The smallest absolute Gasteiger partial charge is 0.344 e. The van der Waals surface area contributed by atoms with Crippen molar-refractivity contribution in [3.63, 3.8) is 0 Å². The van der Waals surface area contributed by atoms with Gasteiger partial charge in [-0.3, -0.25) is 9.59 Å². The summed E-state index contributed by atoms with van der Waals surface area (Å²) in [6, 6.07) is 10.7. The number of fused-ring (bicyclic) bond motifs is 1. The van der Waals surface area contributed by atoms with Crippen LogP contribution in [0.15, 0.2) is 46.1 Å². The Balaban J connectivity index is 1.72. The number of hydrogen-bond acceptors (Lipinski definition) is 5. The molecule has 0 radical (unpaired) electrons. The number of nitrogens with one attached hydrogen (secondary N) is 1. The second kappa shape index (κ2) is 7.78. The van der Waals surface area contributed by atoms with E-state index in [1.807, 2.05) is 24.3 Å². The number of carbonyl (C=O) groups excluding carboxylic acids is 2. The fourth-order valence-corrected chi connectivity index (χ4v) is 3.87. The molecule has 2 heterocycles. The van der Waals surface area contributed by atoms with Crippen LogP contribution in [0.4, 0.5) is 5.69 Å². The SMILES string of the molecule is Cc1ccc(C(=O)OCC(=O)N2CC[C@@H](C)Sc3ccccc32)c(=O)[nH]1. The minimum Gasteiger partial charge on any atom is -0.452 e. The number of H-pyrrole nitrogens is 1. The lowest BCUT2D eigenvalue weighted by Crippen LogP contribution is -2.36. The molecule has 2 aromatic rings. The van der Waals surface area contributed by atoms with Crippen molar-refractivity contribution in [3.05, 3.63) is 58.0 Å². The molecule has 7 heteroatoms. The molecule has 6 nitrogen and oxygen atoms in total. The standard InChI is InChI=1S/C19H20N2O4S/c1-12-7-8-14(18(23)20-12)19(24)25-11-17(22)21-10-9-13(2)26-16-6-4-3-5-15(16)21/h3-8,13H,9-11H2,1-2H3,(H,20,23)/t13-/m1/s1. The van der Waals surface area contributed by atoms with Gasteiger partial charge in [0.2, 0.25) is 0 Å². The molecule has 1 amide bonds. The van der Waals surface area contributed by atoms with Crippen LogP contribution in [0.2, 0.25) is 0 Å². The average Bonchev–Trinajstić information content (AvgIpc) is 2.77. The number of para-hydroxylation sites is 1. The number of pyridine rings is 1. The van der Waals surface area contributed by atoms with Crippen LogP contribution >= 0.6 is 11.8 Å². The van der Waals surface area contributed by atoms with E-state index in [0.29, 0.717) is 17.5 Å². The van der Waals surface area contributed by atoms with Crippen molar-refractivity contribution in [3.8, 4) is 0 Å². The van der Waals surface area contributed by atoms with Crippen molar-refractivity contribution < 1.29 is 14.3 Å². The Bertz CT molecular complexity index is 893. The predicted octanol–water partition coefficient (Wildman–Crippen LogP) is 2.76. The van der Waals surface area contributed by atoms with Crippen molar-refractivity contribution in [2.75, 3.05) is 18.1 Å². The van der Waals surface area contributed by atoms with Crippen molar-refractivity contribution in [2.24, 2.45) is 0 Å². The highest BCUT2D eigenvalue weighted by atomic mass is 32.2. The van der Waals surface area contributed by atoms with Gasteiger partial charge < -0.3 is 14.6 Å². The van der Waals surface area contributed by atoms with E-state index in [1.165, 1.54) is 6.07 Å². The van der Waals surface area contributed by atoms with Gasteiger partial charge >= 0.3 is 5.97 Å². The Morgan fingerprint density at radius 3 is 2.81 bits per heavy atom. The van der Waals surface area contributed by atoms with Crippen molar-refractivity contribution in [2.45, 2.75) is 30.4 Å². The number of rotatable bonds is 3. The van der Waals surface area contributed by atoms with E-state index in [1.54, 1.807) is 29.7 Å². The number of benzene rings is 1. The molecule has 1 aliphatic heterocycles. The van der Waals surface area contributed by atoms with E-state index in [0.717, 1.165) is 17.0 Å². The highest BCUT2D eigenvalue weighted by Crippen LogP contribution is 2.37. The topological polar surface area (TPSA) is 79.5 Å². The number of thioether (sulfide) groups is 1. The number of esters is 1. The summed E-state index contributed by atoms with van der Waals surface area (Å²) in [6.45, 7) is 4.00. The zero-order chi connectivity index (χ0) is 18.7. The molecule has 1 aromatic heterocycles. The van der Waals surface area contributed by atoms with Gasteiger partial charge in [0.25, 0.3) is 11.5 Å². The average molecular weight is 372 g/mol. The highest BCUT2D eigenvalue weighted by molar-refractivity contribution is 8.00. The minimum atomic E-state index is -0.801. The number of ether oxygens (including phenoxy) is 1. The van der Waals surface area contributed by atoms with Gasteiger partial charge in [-0.1, -0.05) is 19.1 Å². The number of amides is 1. The lowest BCUT2D eigenvalue weighted by atomic mass is 10.2. The third-order valence-electron chi connectivity index (χ3n) is 4.15. The summed E-state index contributed by atoms with van der Waals surface area (Å²) in [5.74, 6) is -1.10. The Kier molecular flexibility index (Phi) is 5.46. The molecule has 0 bridgehead atoms. The summed E-state index contributed by atoms with van der Waals surface area (Å²) in [6.07, 6.45) is 0.844. The fourth-order valence-electron chi connectivity index (χ4n) is 2.76. The molecule has 1 aliphatic rings. The molecule has 1 N–H and O–H groups in total. The van der Waals surface area contributed by atoms with Crippen molar-refractivity contribution in [1.82, 2.24) is 4.98 Å². The molecule has 0 unspecified atom stereocenters. The second-order valence-electron chi connectivity index (χ2n) is 6.19. The van der Waals surface area contributed by atoms with Crippen molar-refractivity contribution >= 4 is 29.3 Å². The molecule has 0 fully saturated rings. The molecule has 1 aromatic carbocycles. The summed E-state index contributed by atoms with van der Waals surface area (Å²) in [5.41, 5.74) is 0.850. The van der Waals surface area contributed by atoms with Gasteiger partial charge in [0.15, 0.2) is 6.61 Å². The van der Waals surface area contributed by atoms with Crippen LogP contribution in [0.5, 0.6) is 0 Å². The molecule has 3 rings (SSSR count). The molecule has 0 spiro atoms. The summed E-state index contributed by atoms with van der Waals surface area (Å²) >= 11 is 1.73. The summed E-state index contributed by atoms with van der Waals surface area (Å²) in [5, 5.41) is 0.391. The maximum absolute atomic E-state index is 12.6. The van der Waals surface area contributed by atoms with Gasteiger partial charge in [-0.15, -0.1) is 11.8 Å². The van der Waals surface area contributed by atoms with Gasteiger partial charge in [0.1, 0.15) is 5.56 Å². The molecule has 0 saturated carbocycles. The molecule has 1 atom stereocenters. The first-order valence-corrected chi connectivity index (χ1v) is 9.27. The fraction of sp³-hybridized carbons (Fsp3) is 0.316. The van der Waals surface area contributed by atoms with Crippen LogP contribution in [-0.2, 0) is 9.53 Å². The van der Waals surface area contributed by atoms with Gasteiger partial charge in [-0.05, 0) is 37.6 Å². The second-order valence-corrected chi connectivity index (χ2v) is 7.67. The van der Waals surface area contributed by atoms with Crippen LogP contribution in [0.25, 0.3) is 0 Å². The Morgan fingerprint density at radius 1 is 1.27 bits per heavy atom. The van der Waals surface area contributed by atoms with Crippen LogP contribution in [0, 0.1) is 6.92 Å². The van der Waals surface area contributed by atoms with Gasteiger partial charge in [-0.25, -0.2) is 4.79 Å². The predicted molar refractivity (Wildman–Crippen MR) is 101 cm³/mol. The quantitative estimate of drug-likeness (QED) is 0.838. The molecule has 0 aliphatic carbocycles. The minimum absolute atomic E-state index is 0.108. The molecule has 136 valence electrons. The van der Waals surface area contributed by atoms with E-state index in [4.69, 9.17) is 4.74 Å². The van der Waals surface area contributed by atoms with E-state index < -0.39 is 18.1 Å². The van der Waals surface area contributed by atoms with Crippen LogP contribution < -0.4 is 10.5 Å². The van der Waals surface area contributed by atoms with Crippen LogP contribution in [-0.4, -0.2) is 35.3 Å². The van der Waals surface area contributed by atoms with E-state index in [-0.39, 0.29) is 11.5 Å². The normalized spacial score (nSPS) is 16.5. The Morgan fingerprint density at radius 2 is 2.04 bits per heavy atom. The van der Waals surface area contributed by atoms with E-state index >= 15 is 0 Å². The van der Waals surface area contributed by atoms with E-state index in [9.17, 15) is 14.4 Å². The number of aryl methyl sites for hydroxylation is 1. The maximum atomic E-state index is 12.6. The van der Waals surface area contributed by atoms with Gasteiger partial charge in [0, 0.05) is 22.4 Å². The number of aromatic amines is 1. The summed E-state index contributed by atoms with van der Waals surface area (Å²) in [4.78, 5) is 41.8. The maximum Gasteiger partial charge on any atom is 0.344 e. The number of aromatic nitrogens is 1. The van der Waals surface area contributed by atoms with Gasteiger partial charge in [-0.2, -0.15) is 0 Å². The first-order chi connectivity index (χ1) is 12.5. The molecular weight excluding hydrogens is 352 g/mol. The zero-order valence-electron chi connectivity index (χ0n) is 14.7. The number of nitrogens with zero attached hydrogens (tertiary/aromatic N) is 1. The zero-order valence-corrected chi connectivity index (χ0v) is 15.5. The van der Waals surface area contributed by atoms with Gasteiger partial charge in [0.05, 0.1) is 5.69 Å². The highest BCUT2D eigenvalue weighted by Gasteiger charge is 2.25. The first kappa shape index (κ1) is 18.3. The summed E-state index contributed by atoms with van der Waals surface area (Å²) < 4.78 is 5.09. The van der Waals surface area contributed by atoms with Crippen molar-refractivity contribution in [1.29, 1.82) is 0 Å². The largest absolute Gasteiger partial charge is 0.452 e. The lowest BCUT2D eigenvalue weighted by Gasteiger charge is -2.22. The molecule has 26 heavy (non-hydrogen) atoms. The van der Waals surface area contributed by atoms with E-state index in [2.05, 4.69) is 11.9 Å². The monoisotopic (exact) mass is 372 g/mol.